The van der Waals surface area contributed by atoms with Gasteiger partial charge in [0.1, 0.15) is 12.3 Å². The topological polar surface area (TPSA) is 71.9 Å². The predicted molar refractivity (Wildman–Crippen MR) is 75.0 cm³/mol. The fourth-order valence-electron chi connectivity index (χ4n) is 1.76. The number of amides is 2. The van der Waals surface area contributed by atoms with Crippen molar-refractivity contribution in [2.75, 3.05) is 20.2 Å². The summed E-state index contributed by atoms with van der Waals surface area (Å²) in [6, 6.07) is 7.81. The van der Waals surface area contributed by atoms with Gasteiger partial charge in [0.25, 0.3) is 5.91 Å². The van der Waals surface area contributed by atoms with Crippen molar-refractivity contribution in [3.63, 3.8) is 0 Å². The fraction of sp³-hybridized carbons (Fsp3) is 0.429. The number of hydrazine groups is 1. The summed E-state index contributed by atoms with van der Waals surface area (Å²) >= 11 is 0. The van der Waals surface area contributed by atoms with E-state index in [4.69, 9.17) is 4.74 Å². The van der Waals surface area contributed by atoms with Crippen LogP contribution in [0, 0.1) is 0 Å². The van der Waals surface area contributed by atoms with Gasteiger partial charge >= 0.3 is 0 Å². The summed E-state index contributed by atoms with van der Waals surface area (Å²) in [6.45, 7) is 4.94. The molecule has 0 aromatic heterocycles. The molecular weight excluding hydrogens is 258 g/mol. The molecule has 1 atom stereocenters. The van der Waals surface area contributed by atoms with E-state index in [1.165, 1.54) is 6.92 Å². The summed E-state index contributed by atoms with van der Waals surface area (Å²) in [6.07, 6.45) is 0. The van der Waals surface area contributed by atoms with Crippen LogP contribution in [0.15, 0.2) is 24.3 Å². The smallest absolute Gasteiger partial charge is 0.293 e. The van der Waals surface area contributed by atoms with E-state index in [0.29, 0.717) is 6.61 Å². The van der Waals surface area contributed by atoms with E-state index in [1.54, 1.807) is 0 Å². The van der Waals surface area contributed by atoms with E-state index in [-0.39, 0.29) is 18.4 Å². The van der Waals surface area contributed by atoms with E-state index in [2.05, 4.69) is 10.9 Å². The van der Waals surface area contributed by atoms with Crippen molar-refractivity contribution in [3.8, 4) is 5.75 Å². The highest BCUT2D eigenvalue weighted by Gasteiger charge is 2.10. The van der Waals surface area contributed by atoms with Crippen molar-refractivity contribution in [3.05, 3.63) is 29.8 Å². The second kappa shape index (κ2) is 8.16. The zero-order valence-electron chi connectivity index (χ0n) is 12.2. The Kier molecular flexibility index (Phi) is 6.52. The highest BCUT2D eigenvalue weighted by molar-refractivity contribution is 5.81. The Bertz CT molecular complexity index is 445. The van der Waals surface area contributed by atoms with Gasteiger partial charge in [0.05, 0.1) is 13.7 Å². The molecule has 6 heteroatoms. The summed E-state index contributed by atoms with van der Waals surface area (Å²) in [5.74, 6) is 0.337. The number of ether oxygens (including phenoxy) is 1. The Morgan fingerprint density at radius 1 is 1.20 bits per heavy atom. The minimum absolute atomic E-state index is 0.219. The lowest BCUT2D eigenvalue weighted by Gasteiger charge is -2.14. The van der Waals surface area contributed by atoms with Crippen LogP contribution in [0.2, 0.25) is 0 Å². The van der Waals surface area contributed by atoms with Crippen LogP contribution in [0.5, 0.6) is 5.75 Å². The molecule has 1 unspecified atom stereocenters. The third-order valence-corrected chi connectivity index (χ3v) is 2.58. The first-order valence-corrected chi connectivity index (χ1v) is 6.59. The molecule has 6 nitrogen and oxygen atoms in total. The van der Waals surface area contributed by atoms with E-state index in [9.17, 15) is 9.59 Å². The van der Waals surface area contributed by atoms with Crippen LogP contribution in [-0.2, 0) is 16.1 Å². The van der Waals surface area contributed by atoms with Crippen LogP contribution >= 0.6 is 0 Å². The third-order valence-electron chi connectivity index (χ3n) is 2.58. The number of carbonyl (C=O) groups is 2. The first kappa shape index (κ1) is 16.0. The van der Waals surface area contributed by atoms with Gasteiger partial charge < -0.3 is 9.64 Å². The second-order valence-corrected chi connectivity index (χ2v) is 4.62. The fourth-order valence-corrected chi connectivity index (χ4v) is 1.76. The van der Waals surface area contributed by atoms with Crippen LogP contribution in [0.3, 0.4) is 0 Å². The first-order chi connectivity index (χ1) is 9.51. The molecule has 2 amide bonds. The lowest BCUT2D eigenvalue weighted by molar-refractivity contribution is -0.885. The zero-order chi connectivity index (χ0) is 15.0. The van der Waals surface area contributed by atoms with Gasteiger partial charge in [0, 0.05) is 12.5 Å². The van der Waals surface area contributed by atoms with E-state index in [0.717, 1.165) is 22.8 Å². The summed E-state index contributed by atoms with van der Waals surface area (Å²) < 4.78 is 5.37. The van der Waals surface area contributed by atoms with Crippen molar-refractivity contribution >= 4 is 11.8 Å². The molecule has 1 rings (SSSR count). The monoisotopic (exact) mass is 280 g/mol. The number of hydrogen-bond acceptors (Lipinski definition) is 3. The number of rotatable bonds is 6. The standard InChI is InChI=1S/C14H21N3O3/c1-4-20-13-7-5-12(6-8-13)9-17(3)10-14(19)16-15-11(2)18/h5-8H,4,9-10H2,1-3H3,(H,15,18)(H,16,19)/p+1. The van der Waals surface area contributed by atoms with Crippen LogP contribution in [0.25, 0.3) is 0 Å². The molecule has 110 valence electrons. The van der Waals surface area contributed by atoms with Gasteiger partial charge in [0.2, 0.25) is 5.91 Å². The highest BCUT2D eigenvalue weighted by atomic mass is 16.5. The second-order valence-electron chi connectivity index (χ2n) is 4.62. The molecule has 1 aromatic carbocycles. The van der Waals surface area contributed by atoms with Gasteiger partial charge in [-0.05, 0) is 31.2 Å². The van der Waals surface area contributed by atoms with Gasteiger partial charge in [0.15, 0.2) is 6.54 Å². The maximum atomic E-state index is 11.5. The number of hydrogen-bond donors (Lipinski definition) is 3. The lowest BCUT2D eigenvalue weighted by atomic mass is 10.2. The Morgan fingerprint density at radius 2 is 1.85 bits per heavy atom. The summed E-state index contributed by atoms with van der Waals surface area (Å²) in [5.41, 5.74) is 5.74. The van der Waals surface area contributed by atoms with Crippen molar-refractivity contribution in [2.24, 2.45) is 0 Å². The maximum Gasteiger partial charge on any atom is 0.293 e. The molecule has 0 heterocycles. The minimum atomic E-state index is -0.289. The van der Waals surface area contributed by atoms with Gasteiger partial charge in [-0.15, -0.1) is 0 Å². The van der Waals surface area contributed by atoms with Crippen LogP contribution in [0.1, 0.15) is 19.4 Å². The molecule has 0 aliphatic heterocycles. The van der Waals surface area contributed by atoms with E-state index >= 15 is 0 Å². The van der Waals surface area contributed by atoms with Gasteiger partial charge in [-0.3, -0.25) is 20.4 Å². The Morgan fingerprint density at radius 3 is 2.40 bits per heavy atom. The molecule has 3 N–H and O–H groups in total. The largest absolute Gasteiger partial charge is 0.494 e. The van der Waals surface area contributed by atoms with Crippen LogP contribution < -0.4 is 20.5 Å². The summed E-state index contributed by atoms with van der Waals surface area (Å²) in [7, 11) is 1.92. The molecule has 0 spiro atoms. The Hall–Kier alpha value is -2.08. The maximum absolute atomic E-state index is 11.5. The van der Waals surface area contributed by atoms with Crippen molar-refractivity contribution < 1.29 is 19.2 Å². The summed E-state index contributed by atoms with van der Waals surface area (Å²) in [5, 5.41) is 0. The van der Waals surface area contributed by atoms with Crippen molar-refractivity contribution in [2.45, 2.75) is 20.4 Å². The third kappa shape index (κ3) is 6.19. The SMILES string of the molecule is CCOc1ccc(C[NH+](C)CC(=O)NNC(C)=O)cc1. The molecule has 20 heavy (non-hydrogen) atoms. The first-order valence-electron chi connectivity index (χ1n) is 6.59. The highest BCUT2D eigenvalue weighted by Crippen LogP contribution is 2.11. The zero-order valence-corrected chi connectivity index (χ0v) is 12.2. The molecule has 0 fully saturated rings. The number of quaternary nitrogens is 1. The molecular formula is C14H22N3O3+. The predicted octanol–water partition coefficient (Wildman–Crippen LogP) is -0.733. The van der Waals surface area contributed by atoms with Crippen LogP contribution in [0.4, 0.5) is 0 Å². The van der Waals surface area contributed by atoms with Gasteiger partial charge in [-0.2, -0.15) is 0 Å². The number of benzene rings is 1. The van der Waals surface area contributed by atoms with Gasteiger partial charge in [-0.25, -0.2) is 0 Å². The minimum Gasteiger partial charge on any atom is -0.494 e. The lowest BCUT2D eigenvalue weighted by Crippen LogP contribution is -3.09. The van der Waals surface area contributed by atoms with Gasteiger partial charge in [-0.1, -0.05) is 0 Å². The van der Waals surface area contributed by atoms with E-state index < -0.39 is 0 Å². The molecule has 0 aliphatic carbocycles. The average Bonchev–Trinajstić information content (AvgIpc) is 2.39. The molecule has 0 saturated heterocycles. The summed E-state index contributed by atoms with van der Waals surface area (Å²) in [4.78, 5) is 23.2. The quantitative estimate of drug-likeness (QED) is 0.602. The molecule has 1 aromatic rings. The van der Waals surface area contributed by atoms with Crippen molar-refractivity contribution in [1.82, 2.24) is 10.9 Å². The normalized spacial score (nSPS) is 11.6. The number of likely N-dealkylation sites (N-methyl/N-ethyl adjacent to an activating group) is 1. The Labute approximate surface area is 119 Å². The molecule has 0 saturated carbocycles. The average molecular weight is 280 g/mol. The van der Waals surface area contributed by atoms with Crippen LogP contribution in [-0.4, -0.2) is 32.0 Å². The van der Waals surface area contributed by atoms with Crippen molar-refractivity contribution in [1.29, 1.82) is 0 Å². The molecule has 0 radical (unpaired) electrons. The molecule has 0 bridgehead atoms. The Balaban J connectivity index is 2.39. The number of carbonyl (C=O) groups excluding carboxylic acids is 2. The number of nitrogens with one attached hydrogen (secondary N) is 3. The van der Waals surface area contributed by atoms with E-state index in [1.807, 2.05) is 38.2 Å². The molecule has 0 aliphatic rings.